The van der Waals surface area contributed by atoms with Crippen LogP contribution in [-0.2, 0) is 12.8 Å². The molecular formula is C25H25F3N8O2. The minimum absolute atomic E-state index is 0.0112. The molecule has 38 heavy (non-hydrogen) atoms. The summed E-state index contributed by atoms with van der Waals surface area (Å²) in [4.78, 5) is 20.9. The number of carbonyl (C=O) groups is 1. The Morgan fingerprint density at radius 1 is 0.974 bits per heavy atom. The van der Waals surface area contributed by atoms with Gasteiger partial charge in [-0.15, -0.1) is 0 Å². The molecule has 5 N–H and O–H groups in total. The molecule has 0 aliphatic rings. The lowest BCUT2D eigenvalue weighted by molar-refractivity contribution is -0.138. The maximum Gasteiger partial charge on any atom is 0.416 e. The first-order valence-corrected chi connectivity index (χ1v) is 11.4. The summed E-state index contributed by atoms with van der Waals surface area (Å²) in [7, 11) is 1.72. The van der Waals surface area contributed by atoms with E-state index in [0.29, 0.717) is 34.5 Å². The van der Waals surface area contributed by atoms with Crippen molar-refractivity contribution in [1.82, 2.24) is 19.7 Å². The number of hydrogen-bond donors (Lipinski definition) is 5. The van der Waals surface area contributed by atoms with Crippen LogP contribution in [0.3, 0.4) is 0 Å². The minimum atomic E-state index is -4.53. The molecule has 0 aliphatic heterocycles. The molecular weight excluding hydrogens is 501 g/mol. The number of anilines is 5. The van der Waals surface area contributed by atoms with Crippen LogP contribution >= 0.6 is 0 Å². The van der Waals surface area contributed by atoms with Gasteiger partial charge in [-0.05, 0) is 49.2 Å². The molecule has 0 unspecified atom stereocenters. The van der Waals surface area contributed by atoms with Gasteiger partial charge in [0, 0.05) is 36.2 Å². The summed E-state index contributed by atoms with van der Waals surface area (Å²) in [5.41, 5.74) is 1.50. The Hall–Kier alpha value is -4.65. The number of halogens is 3. The zero-order valence-electron chi connectivity index (χ0n) is 20.7. The monoisotopic (exact) mass is 526 g/mol. The third-order valence-electron chi connectivity index (χ3n) is 5.61. The third-order valence-corrected chi connectivity index (χ3v) is 5.61. The number of aliphatic hydroxyl groups excluding tert-OH is 1. The van der Waals surface area contributed by atoms with E-state index in [0.717, 1.165) is 11.6 Å². The van der Waals surface area contributed by atoms with E-state index in [9.17, 15) is 23.1 Å². The van der Waals surface area contributed by atoms with Crippen molar-refractivity contribution in [1.29, 1.82) is 0 Å². The number of rotatable bonds is 7. The highest BCUT2D eigenvalue weighted by atomic mass is 19.4. The Balaban J connectivity index is 1.55. The summed E-state index contributed by atoms with van der Waals surface area (Å²) in [6, 6.07) is 11.3. The highest BCUT2D eigenvalue weighted by Crippen LogP contribution is 2.33. The molecule has 4 aromatic rings. The standard InChI is InChI=1S/C25H25F3N8O2/c1-14-4-6-16(8-19(14)25(26,27)28)32-24(38)33-17-7-5-15(2)20(9-17)34-23-10-18(12-37)35-36(23)22-11-21(29-3)30-13-31-22/h4-11,13,34,37H,12H2,1-3H3,(H,29,30,31)(H2,32,33,38). The fourth-order valence-corrected chi connectivity index (χ4v) is 3.64. The van der Waals surface area contributed by atoms with Crippen molar-refractivity contribution in [3.63, 3.8) is 0 Å². The van der Waals surface area contributed by atoms with Crippen molar-refractivity contribution >= 4 is 34.7 Å². The van der Waals surface area contributed by atoms with Crippen LogP contribution in [0.5, 0.6) is 0 Å². The van der Waals surface area contributed by atoms with E-state index in [1.54, 1.807) is 37.4 Å². The average molecular weight is 527 g/mol. The molecule has 2 amide bonds. The number of alkyl halides is 3. The van der Waals surface area contributed by atoms with Gasteiger partial charge in [0.05, 0.1) is 17.9 Å². The Morgan fingerprint density at radius 2 is 1.66 bits per heavy atom. The molecule has 4 rings (SSSR count). The van der Waals surface area contributed by atoms with Gasteiger partial charge in [0.25, 0.3) is 0 Å². The zero-order valence-corrected chi connectivity index (χ0v) is 20.7. The largest absolute Gasteiger partial charge is 0.416 e. The number of benzene rings is 2. The van der Waals surface area contributed by atoms with Gasteiger partial charge in [0.15, 0.2) is 5.82 Å². The fraction of sp³-hybridized carbons (Fsp3) is 0.200. The Labute approximate surface area is 215 Å². The Bertz CT molecular complexity index is 1470. The maximum atomic E-state index is 13.2. The van der Waals surface area contributed by atoms with E-state index in [2.05, 4.69) is 36.3 Å². The third kappa shape index (κ3) is 6.00. The van der Waals surface area contributed by atoms with Crippen LogP contribution in [0.2, 0.25) is 0 Å². The second kappa shape index (κ2) is 10.8. The van der Waals surface area contributed by atoms with Gasteiger partial charge >= 0.3 is 12.2 Å². The number of amides is 2. The van der Waals surface area contributed by atoms with Crippen LogP contribution in [0.15, 0.2) is 54.9 Å². The molecule has 0 aliphatic carbocycles. The summed E-state index contributed by atoms with van der Waals surface area (Å²) in [5, 5.41) is 25.2. The summed E-state index contributed by atoms with van der Waals surface area (Å²) < 4.78 is 41.1. The normalized spacial score (nSPS) is 11.2. The Kier molecular flexibility index (Phi) is 7.48. The van der Waals surface area contributed by atoms with Crippen LogP contribution in [0, 0.1) is 13.8 Å². The van der Waals surface area contributed by atoms with Crippen molar-refractivity contribution in [2.45, 2.75) is 26.6 Å². The number of carbonyl (C=O) groups excluding carboxylic acids is 1. The SMILES string of the molecule is CNc1cc(-n2nc(CO)cc2Nc2cc(NC(=O)Nc3ccc(C)c(C(F)(F)F)c3)ccc2C)ncn1. The topological polar surface area (TPSA) is 129 Å². The van der Waals surface area contributed by atoms with E-state index in [-0.39, 0.29) is 17.9 Å². The molecule has 0 radical (unpaired) electrons. The quantitative estimate of drug-likeness (QED) is 0.223. The molecule has 0 spiro atoms. The summed E-state index contributed by atoms with van der Waals surface area (Å²) >= 11 is 0. The number of urea groups is 1. The van der Waals surface area contributed by atoms with Crippen molar-refractivity contribution in [3.05, 3.63) is 77.2 Å². The molecule has 0 atom stereocenters. The number of aryl methyl sites for hydroxylation is 2. The number of hydrogen-bond acceptors (Lipinski definition) is 7. The van der Waals surface area contributed by atoms with Crippen LogP contribution in [0.1, 0.15) is 22.4 Å². The van der Waals surface area contributed by atoms with Crippen LogP contribution in [0.25, 0.3) is 5.82 Å². The van der Waals surface area contributed by atoms with E-state index in [4.69, 9.17) is 0 Å². The molecule has 2 heterocycles. The summed E-state index contributed by atoms with van der Waals surface area (Å²) in [5.74, 6) is 1.53. The zero-order chi connectivity index (χ0) is 27.4. The predicted molar refractivity (Wildman–Crippen MR) is 138 cm³/mol. The van der Waals surface area contributed by atoms with Crippen molar-refractivity contribution in [2.75, 3.05) is 28.3 Å². The van der Waals surface area contributed by atoms with Gasteiger partial charge in [-0.1, -0.05) is 12.1 Å². The van der Waals surface area contributed by atoms with Crippen molar-refractivity contribution in [2.24, 2.45) is 0 Å². The molecule has 0 fully saturated rings. The van der Waals surface area contributed by atoms with Gasteiger partial charge in [0.2, 0.25) is 0 Å². The molecule has 13 heteroatoms. The lowest BCUT2D eigenvalue weighted by Gasteiger charge is -2.15. The van der Waals surface area contributed by atoms with Crippen molar-refractivity contribution < 1.29 is 23.1 Å². The molecule has 2 aromatic carbocycles. The number of aromatic nitrogens is 4. The molecule has 198 valence electrons. The second-order valence-electron chi connectivity index (χ2n) is 8.36. The van der Waals surface area contributed by atoms with Gasteiger partial charge in [-0.3, -0.25) is 0 Å². The number of aliphatic hydroxyl groups is 1. The predicted octanol–water partition coefficient (Wildman–Crippen LogP) is 5.22. The maximum absolute atomic E-state index is 13.2. The van der Waals surface area contributed by atoms with Gasteiger partial charge in [-0.25, -0.2) is 14.8 Å². The molecule has 2 aromatic heterocycles. The summed E-state index contributed by atoms with van der Waals surface area (Å²) in [6.45, 7) is 2.92. The van der Waals surface area contributed by atoms with E-state index in [1.807, 2.05) is 6.92 Å². The highest BCUT2D eigenvalue weighted by Gasteiger charge is 2.32. The van der Waals surface area contributed by atoms with E-state index < -0.39 is 17.8 Å². The first-order chi connectivity index (χ1) is 18.1. The van der Waals surface area contributed by atoms with Crippen molar-refractivity contribution in [3.8, 4) is 5.82 Å². The Morgan fingerprint density at radius 3 is 2.32 bits per heavy atom. The minimum Gasteiger partial charge on any atom is -0.390 e. The lowest BCUT2D eigenvalue weighted by Crippen LogP contribution is -2.20. The van der Waals surface area contributed by atoms with E-state index in [1.165, 1.54) is 30.1 Å². The molecule has 10 nitrogen and oxygen atoms in total. The number of nitrogens with one attached hydrogen (secondary N) is 4. The lowest BCUT2D eigenvalue weighted by atomic mass is 10.1. The molecule has 0 bridgehead atoms. The smallest absolute Gasteiger partial charge is 0.390 e. The van der Waals surface area contributed by atoms with E-state index >= 15 is 0 Å². The fourth-order valence-electron chi connectivity index (χ4n) is 3.64. The second-order valence-corrected chi connectivity index (χ2v) is 8.36. The van der Waals surface area contributed by atoms with Gasteiger partial charge in [-0.2, -0.15) is 23.0 Å². The van der Waals surface area contributed by atoms with Crippen LogP contribution in [-0.4, -0.2) is 37.9 Å². The first kappa shape index (κ1) is 26.4. The number of nitrogens with zero attached hydrogens (tertiary/aromatic N) is 4. The average Bonchev–Trinajstić information content (AvgIpc) is 3.29. The molecule has 0 saturated heterocycles. The summed E-state index contributed by atoms with van der Waals surface area (Å²) in [6.07, 6.45) is -3.15. The van der Waals surface area contributed by atoms with Gasteiger partial charge < -0.3 is 26.4 Å². The molecule has 0 saturated carbocycles. The first-order valence-electron chi connectivity index (χ1n) is 11.4. The van der Waals surface area contributed by atoms with Crippen LogP contribution < -0.4 is 21.3 Å². The van der Waals surface area contributed by atoms with Crippen LogP contribution in [0.4, 0.5) is 46.7 Å². The highest BCUT2D eigenvalue weighted by molar-refractivity contribution is 6.00. The van der Waals surface area contributed by atoms with Gasteiger partial charge in [0.1, 0.15) is 18.0 Å².